The Hall–Kier alpha value is -2.25. The summed E-state index contributed by atoms with van der Waals surface area (Å²) in [4.78, 5) is 34.2. The molecule has 1 aromatic rings. The molecule has 2 heterocycles. The standard InChI is InChI=1S/C9H10N4O4/c14-7-1-2-8(15)13(7)4-6-3-12(11-10-6)5-9(16)17/h3H,1-2,4-5H2,(H,16,17). The first-order valence-electron chi connectivity index (χ1n) is 5.00. The minimum atomic E-state index is -1.03. The second-order valence-electron chi connectivity index (χ2n) is 3.67. The zero-order valence-corrected chi connectivity index (χ0v) is 8.87. The summed E-state index contributed by atoms with van der Waals surface area (Å²) in [5.41, 5.74) is 0.398. The van der Waals surface area contributed by atoms with Gasteiger partial charge in [-0.15, -0.1) is 5.10 Å². The number of aromatic nitrogens is 3. The van der Waals surface area contributed by atoms with E-state index in [9.17, 15) is 14.4 Å². The molecule has 0 aromatic carbocycles. The largest absolute Gasteiger partial charge is 0.480 e. The van der Waals surface area contributed by atoms with Crippen molar-refractivity contribution < 1.29 is 19.5 Å². The number of nitrogens with zero attached hydrogens (tertiary/aromatic N) is 4. The van der Waals surface area contributed by atoms with Gasteiger partial charge in [0.05, 0.1) is 12.7 Å². The number of hydrogen-bond donors (Lipinski definition) is 1. The summed E-state index contributed by atoms with van der Waals surface area (Å²) >= 11 is 0. The maximum absolute atomic E-state index is 11.3. The van der Waals surface area contributed by atoms with E-state index in [0.29, 0.717) is 5.69 Å². The molecule has 2 rings (SSSR count). The van der Waals surface area contributed by atoms with Gasteiger partial charge < -0.3 is 5.11 Å². The Labute approximate surface area is 95.8 Å². The Morgan fingerprint density at radius 2 is 2.00 bits per heavy atom. The molecule has 8 nitrogen and oxygen atoms in total. The summed E-state index contributed by atoms with van der Waals surface area (Å²) in [7, 11) is 0. The van der Waals surface area contributed by atoms with Gasteiger partial charge in [0.1, 0.15) is 12.2 Å². The number of aliphatic carboxylic acids is 1. The van der Waals surface area contributed by atoms with E-state index in [0.717, 1.165) is 9.58 Å². The lowest BCUT2D eigenvalue weighted by Gasteiger charge is -2.10. The number of carboxylic acids is 1. The molecule has 0 radical (unpaired) electrons. The Bertz CT molecular complexity index is 465. The molecule has 0 atom stereocenters. The molecule has 1 aromatic heterocycles. The molecule has 1 fully saturated rings. The van der Waals surface area contributed by atoms with Crippen LogP contribution in [0.2, 0.25) is 0 Å². The van der Waals surface area contributed by atoms with Gasteiger partial charge in [0, 0.05) is 12.8 Å². The normalized spacial score (nSPS) is 15.6. The first-order valence-corrected chi connectivity index (χ1v) is 5.00. The highest BCUT2D eigenvalue weighted by atomic mass is 16.4. The summed E-state index contributed by atoms with van der Waals surface area (Å²) in [6.07, 6.45) is 1.86. The second-order valence-corrected chi connectivity index (χ2v) is 3.67. The summed E-state index contributed by atoms with van der Waals surface area (Å²) in [5, 5.41) is 15.8. The van der Waals surface area contributed by atoms with Gasteiger partial charge in [-0.1, -0.05) is 5.21 Å². The van der Waals surface area contributed by atoms with Crippen LogP contribution in [-0.4, -0.2) is 42.8 Å². The van der Waals surface area contributed by atoms with Crippen molar-refractivity contribution in [2.24, 2.45) is 0 Å². The van der Waals surface area contributed by atoms with E-state index >= 15 is 0 Å². The molecule has 1 N–H and O–H groups in total. The SMILES string of the molecule is O=C(O)Cn1cc(CN2C(=O)CCC2=O)nn1. The molecule has 1 aliphatic heterocycles. The number of amides is 2. The Kier molecular flexibility index (Phi) is 2.86. The van der Waals surface area contributed by atoms with Gasteiger partial charge >= 0.3 is 5.97 Å². The van der Waals surface area contributed by atoms with E-state index in [1.807, 2.05) is 0 Å². The molecule has 8 heteroatoms. The molecule has 0 saturated carbocycles. The van der Waals surface area contributed by atoms with Crippen LogP contribution in [-0.2, 0) is 27.5 Å². The molecule has 0 aliphatic carbocycles. The van der Waals surface area contributed by atoms with Crippen molar-refractivity contribution in [3.05, 3.63) is 11.9 Å². The van der Waals surface area contributed by atoms with Crippen LogP contribution in [0.1, 0.15) is 18.5 Å². The number of hydrogen-bond acceptors (Lipinski definition) is 5. The quantitative estimate of drug-likeness (QED) is 0.675. The summed E-state index contributed by atoms with van der Waals surface area (Å²) < 4.78 is 1.14. The fourth-order valence-corrected chi connectivity index (χ4v) is 1.59. The molecule has 1 saturated heterocycles. The summed E-state index contributed by atoms with van der Waals surface area (Å²) in [5.74, 6) is -1.50. The lowest BCUT2D eigenvalue weighted by atomic mass is 10.4. The van der Waals surface area contributed by atoms with Crippen LogP contribution in [0.3, 0.4) is 0 Å². The Morgan fingerprint density at radius 3 is 2.59 bits per heavy atom. The molecule has 17 heavy (non-hydrogen) atoms. The van der Waals surface area contributed by atoms with Crippen LogP contribution >= 0.6 is 0 Å². The summed E-state index contributed by atoms with van der Waals surface area (Å²) in [6.45, 7) is -0.244. The predicted molar refractivity (Wildman–Crippen MR) is 52.4 cm³/mol. The predicted octanol–water partition coefficient (Wildman–Crippen LogP) is -0.988. The highest BCUT2D eigenvalue weighted by Gasteiger charge is 2.29. The van der Waals surface area contributed by atoms with Crippen LogP contribution in [0.4, 0.5) is 0 Å². The van der Waals surface area contributed by atoms with E-state index in [2.05, 4.69) is 10.3 Å². The maximum atomic E-state index is 11.3. The third-order valence-corrected chi connectivity index (χ3v) is 2.36. The van der Waals surface area contributed by atoms with Crippen LogP contribution in [0.25, 0.3) is 0 Å². The van der Waals surface area contributed by atoms with Gasteiger partial charge in [0.15, 0.2) is 0 Å². The molecule has 1 aliphatic rings. The third-order valence-electron chi connectivity index (χ3n) is 2.36. The van der Waals surface area contributed by atoms with Gasteiger partial charge in [-0.25, -0.2) is 4.68 Å². The van der Waals surface area contributed by atoms with Gasteiger partial charge in [-0.05, 0) is 0 Å². The molecule has 0 spiro atoms. The topological polar surface area (TPSA) is 105 Å². The number of carbonyl (C=O) groups excluding carboxylic acids is 2. The minimum Gasteiger partial charge on any atom is -0.480 e. The first kappa shape index (κ1) is 11.2. The highest BCUT2D eigenvalue weighted by molar-refractivity contribution is 6.01. The van der Waals surface area contributed by atoms with Gasteiger partial charge in [0.25, 0.3) is 0 Å². The van der Waals surface area contributed by atoms with E-state index in [-0.39, 0.29) is 37.7 Å². The second kappa shape index (κ2) is 4.32. The monoisotopic (exact) mass is 238 g/mol. The number of rotatable bonds is 4. The highest BCUT2D eigenvalue weighted by Crippen LogP contribution is 2.14. The minimum absolute atomic E-state index is 0.0529. The van der Waals surface area contributed by atoms with Crippen molar-refractivity contribution >= 4 is 17.8 Å². The van der Waals surface area contributed by atoms with Crippen molar-refractivity contribution in [2.45, 2.75) is 25.9 Å². The maximum Gasteiger partial charge on any atom is 0.325 e. The molecular weight excluding hydrogens is 228 g/mol. The third kappa shape index (κ3) is 2.47. The number of carboxylic acid groups (broad SMARTS) is 1. The molecule has 90 valence electrons. The zero-order valence-electron chi connectivity index (χ0n) is 8.87. The molecule has 2 amide bonds. The van der Waals surface area contributed by atoms with Crippen molar-refractivity contribution in [1.29, 1.82) is 0 Å². The van der Waals surface area contributed by atoms with Crippen LogP contribution in [0.5, 0.6) is 0 Å². The van der Waals surface area contributed by atoms with Gasteiger partial charge in [0.2, 0.25) is 11.8 Å². The molecular formula is C9H10N4O4. The number of imide groups is 1. The van der Waals surface area contributed by atoms with Crippen molar-refractivity contribution in [3.8, 4) is 0 Å². The lowest BCUT2D eigenvalue weighted by Crippen LogP contribution is -2.28. The van der Waals surface area contributed by atoms with Crippen LogP contribution < -0.4 is 0 Å². The lowest BCUT2D eigenvalue weighted by molar-refractivity contribution is -0.140. The van der Waals surface area contributed by atoms with Gasteiger partial charge in [-0.2, -0.15) is 0 Å². The Balaban J connectivity index is 2.03. The fraction of sp³-hybridized carbons (Fsp3) is 0.444. The number of likely N-dealkylation sites (tertiary alicyclic amines) is 1. The number of carbonyl (C=O) groups is 3. The fourth-order valence-electron chi connectivity index (χ4n) is 1.59. The Morgan fingerprint density at radius 1 is 1.35 bits per heavy atom. The van der Waals surface area contributed by atoms with Crippen LogP contribution in [0.15, 0.2) is 6.20 Å². The average Bonchev–Trinajstić information content (AvgIpc) is 2.79. The van der Waals surface area contributed by atoms with Crippen molar-refractivity contribution in [2.75, 3.05) is 0 Å². The van der Waals surface area contributed by atoms with Gasteiger partial charge in [-0.3, -0.25) is 19.3 Å². The van der Waals surface area contributed by atoms with Crippen LogP contribution in [0, 0.1) is 0 Å². The smallest absolute Gasteiger partial charge is 0.325 e. The first-order chi connectivity index (χ1) is 8.06. The van der Waals surface area contributed by atoms with E-state index < -0.39 is 5.97 Å². The van der Waals surface area contributed by atoms with E-state index in [4.69, 9.17) is 5.11 Å². The average molecular weight is 238 g/mol. The molecule has 0 unspecified atom stereocenters. The van der Waals surface area contributed by atoms with E-state index in [1.165, 1.54) is 6.20 Å². The zero-order chi connectivity index (χ0) is 12.4. The van der Waals surface area contributed by atoms with Crippen molar-refractivity contribution in [1.82, 2.24) is 19.9 Å². The van der Waals surface area contributed by atoms with Crippen molar-refractivity contribution in [3.63, 3.8) is 0 Å². The summed E-state index contributed by atoms with van der Waals surface area (Å²) in [6, 6.07) is 0. The van der Waals surface area contributed by atoms with E-state index in [1.54, 1.807) is 0 Å². The molecule has 0 bridgehead atoms.